The number of hydrogen-bond donors (Lipinski definition) is 2. The maximum absolute atomic E-state index is 12.5. The van der Waals surface area contributed by atoms with Gasteiger partial charge in [-0.3, -0.25) is 4.79 Å². The van der Waals surface area contributed by atoms with Gasteiger partial charge in [0.1, 0.15) is 0 Å². The monoisotopic (exact) mass is 292 g/mol. The Bertz CT molecular complexity index is 464. The van der Waals surface area contributed by atoms with E-state index in [1.165, 1.54) is 5.56 Å². The van der Waals surface area contributed by atoms with Gasteiger partial charge in [-0.15, -0.1) is 0 Å². The smallest absolute Gasteiger partial charge is 0.237 e. The van der Waals surface area contributed by atoms with Crippen molar-refractivity contribution in [3.63, 3.8) is 0 Å². The Hall–Kier alpha value is -1.42. The molecule has 0 saturated heterocycles. The fraction of sp³-hybridized carbons (Fsp3) is 0.500. The van der Waals surface area contributed by atoms with Gasteiger partial charge >= 0.3 is 0 Å². The molecule has 20 heavy (non-hydrogen) atoms. The Labute approximate surface area is 126 Å². The number of hydrogen-bond acceptors (Lipinski definition) is 2. The lowest BCUT2D eigenvalue weighted by atomic mass is 9.81. The average Bonchev–Trinajstić information content (AvgIpc) is 2.43. The predicted octanol–water partition coefficient (Wildman–Crippen LogP) is 3.67. The number of rotatable bonds is 7. The number of carbonyl (C=O) groups excluding carboxylic acids is 1. The van der Waals surface area contributed by atoms with Gasteiger partial charge in [0.25, 0.3) is 0 Å². The molecule has 3 N–H and O–H groups in total. The van der Waals surface area contributed by atoms with E-state index < -0.39 is 5.41 Å². The van der Waals surface area contributed by atoms with Crippen molar-refractivity contribution in [2.24, 2.45) is 11.1 Å². The van der Waals surface area contributed by atoms with Crippen LogP contribution in [0.4, 0.5) is 5.69 Å². The molecule has 0 atom stereocenters. The summed E-state index contributed by atoms with van der Waals surface area (Å²) in [6, 6.07) is 7.94. The van der Waals surface area contributed by atoms with E-state index in [4.69, 9.17) is 18.0 Å². The number of aryl methyl sites for hydroxylation is 1. The highest BCUT2D eigenvalue weighted by molar-refractivity contribution is 7.80. The first kappa shape index (κ1) is 16.6. The molecular weight excluding hydrogens is 268 g/mol. The van der Waals surface area contributed by atoms with Crippen molar-refractivity contribution in [3.05, 3.63) is 29.8 Å². The molecule has 1 amide bonds. The topological polar surface area (TPSA) is 55.1 Å². The summed E-state index contributed by atoms with van der Waals surface area (Å²) >= 11 is 5.09. The summed E-state index contributed by atoms with van der Waals surface area (Å²) in [7, 11) is 0. The number of amides is 1. The van der Waals surface area contributed by atoms with Crippen LogP contribution in [0.1, 0.15) is 45.6 Å². The molecule has 1 aromatic carbocycles. The molecule has 0 aliphatic rings. The van der Waals surface area contributed by atoms with Gasteiger partial charge in [-0.1, -0.05) is 51.5 Å². The third-order valence-electron chi connectivity index (χ3n) is 3.86. The maximum Gasteiger partial charge on any atom is 0.237 e. The van der Waals surface area contributed by atoms with Gasteiger partial charge in [-0.05, 0) is 37.0 Å². The van der Waals surface area contributed by atoms with Gasteiger partial charge in [-0.2, -0.15) is 0 Å². The highest BCUT2D eigenvalue weighted by Crippen LogP contribution is 2.29. The fourth-order valence-electron chi connectivity index (χ4n) is 2.33. The van der Waals surface area contributed by atoms with E-state index in [9.17, 15) is 4.79 Å². The third-order valence-corrected chi connectivity index (χ3v) is 4.25. The van der Waals surface area contributed by atoms with Crippen molar-refractivity contribution in [1.82, 2.24) is 0 Å². The van der Waals surface area contributed by atoms with Crippen molar-refractivity contribution in [1.29, 1.82) is 0 Å². The molecule has 0 aliphatic heterocycles. The van der Waals surface area contributed by atoms with Crippen LogP contribution in [0.2, 0.25) is 0 Å². The van der Waals surface area contributed by atoms with Gasteiger partial charge in [0.05, 0.1) is 10.4 Å². The molecule has 3 nitrogen and oxygen atoms in total. The fourth-order valence-corrected chi connectivity index (χ4v) is 2.71. The minimum Gasteiger partial charge on any atom is -0.392 e. The second-order valence-electron chi connectivity index (χ2n) is 5.05. The average molecular weight is 292 g/mol. The predicted molar refractivity (Wildman–Crippen MR) is 88.9 cm³/mol. The van der Waals surface area contributed by atoms with Crippen LogP contribution in [-0.2, 0) is 11.2 Å². The van der Waals surface area contributed by atoms with Gasteiger partial charge in [0.2, 0.25) is 5.91 Å². The Morgan fingerprint density at radius 3 is 2.15 bits per heavy atom. The van der Waals surface area contributed by atoms with E-state index >= 15 is 0 Å². The number of nitrogens with one attached hydrogen (secondary N) is 1. The van der Waals surface area contributed by atoms with Crippen LogP contribution in [0.25, 0.3) is 0 Å². The molecule has 1 rings (SSSR count). The highest BCUT2D eigenvalue weighted by Gasteiger charge is 2.38. The zero-order chi connectivity index (χ0) is 15.2. The van der Waals surface area contributed by atoms with Gasteiger partial charge in [0, 0.05) is 5.69 Å². The maximum atomic E-state index is 12.5. The Morgan fingerprint density at radius 1 is 1.20 bits per heavy atom. The zero-order valence-corrected chi connectivity index (χ0v) is 13.3. The van der Waals surface area contributed by atoms with Crippen LogP contribution in [0.3, 0.4) is 0 Å². The lowest BCUT2D eigenvalue weighted by Gasteiger charge is -2.28. The number of anilines is 1. The molecule has 0 radical (unpaired) electrons. The summed E-state index contributed by atoms with van der Waals surface area (Å²) in [5.41, 5.74) is 7.09. The van der Waals surface area contributed by atoms with Gasteiger partial charge in [0.15, 0.2) is 0 Å². The number of thiocarbonyl (C=S) groups is 1. The normalized spacial score (nSPS) is 11.2. The second kappa shape index (κ2) is 7.39. The Morgan fingerprint density at radius 2 is 1.75 bits per heavy atom. The van der Waals surface area contributed by atoms with Crippen molar-refractivity contribution < 1.29 is 4.79 Å². The van der Waals surface area contributed by atoms with E-state index in [0.717, 1.165) is 18.5 Å². The van der Waals surface area contributed by atoms with Crippen LogP contribution in [0, 0.1) is 5.41 Å². The van der Waals surface area contributed by atoms with Crippen molar-refractivity contribution in [2.75, 3.05) is 5.32 Å². The molecule has 0 aliphatic carbocycles. The third kappa shape index (κ3) is 3.57. The van der Waals surface area contributed by atoms with Crippen LogP contribution >= 0.6 is 12.2 Å². The van der Waals surface area contributed by atoms with E-state index in [1.54, 1.807) is 0 Å². The molecule has 0 aromatic heterocycles. The quantitative estimate of drug-likeness (QED) is 0.754. The molecule has 0 fully saturated rings. The van der Waals surface area contributed by atoms with Crippen LogP contribution < -0.4 is 11.1 Å². The summed E-state index contributed by atoms with van der Waals surface area (Å²) in [6.07, 6.45) is 3.38. The molecule has 110 valence electrons. The molecule has 0 unspecified atom stereocenters. The first-order valence-electron chi connectivity index (χ1n) is 7.20. The standard InChI is InChI=1S/C16H24N2OS/c1-4-7-12-8-10-13(11-9-12)18-15(19)16(5-2,6-3)14(17)20/h8-11H,4-7H2,1-3H3,(H2,17,20)(H,18,19). The Balaban J connectivity index is 2.86. The highest BCUT2D eigenvalue weighted by atomic mass is 32.1. The van der Waals surface area contributed by atoms with E-state index in [2.05, 4.69) is 12.2 Å². The van der Waals surface area contributed by atoms with Crippen molar-refractivity contribution in [3.8, 4) is 0 Å². The summed E-state index contributed by atoms with van der Waals surface area (Å²) in [5.74, 6) is -0.113. The van der Waals surface area contributed by atoms with E-state index in [1.807, 2.05) is 38.1 Å². The molecule has 0 spiro atoms. The summed E-state index contributed by atoms with van der Waals surface area (Å²) in [6.45, 7) is 6.02. The van der Waals surface area contributed by atoms with Gasteiger partial charge in [-0.25, -0.2) is 0 Å². The number of nitrogens with two attached hydrogens (primary N) is 1. The number of carbonyl (C=O) groups is 1. The minimum absolute atomic E-state index is 0.113. The van der Waals surface area contributed by atoms with Crippen LogP contribution in [0.5, 0.6) is 0 Å². The first-order valence-corrected chi connectivity index (χ1v) is 7.61. The lowest BCUT2D eigenvalue weighted by molar-refractivity contribution is -0.122. The number of benzene rings is 1. The molecule has 0 bridgehead atoms. The van der Waals surface area contributed by atoms with Crippen molar-refractivity contribution in [2.45, 2.75) is 46.5 Å². The zero-order valence-electron chi connectivity index (χ0n) is 12.5. The molecule has 0 heterocycles. The van der Waals surface area contributed by atoms with Crippen molar-refractivity contribution >= 4 is 28.8 Å². The lowest BCUT2D eigenvalue weighted by Crippen LogP contribution is -2.45. The van der Waals surface area contributed by atoms with Crippen LogP contribution in [-0.4, -0.2) is 10.9 Å². The molecule has 0 saturated carbocycles. The SMILES string of the molecule is CCCc1ccc(NC(=O)C(CC)(CC)C(N)=S)cc1. The van der Waals surface area contributed by atoms with E-state index in [-0.39, 0.29) is 10.9 Å². The summed E-state index contributed by atoms with van der Waals surface area (Å²) < 4.78 is 0. The summed E-state index contributed by atoms with van der Waals surface area (Å²) in [5, 5.41) is 2.93. The largest absolute Gasteiger partial charge is 0.392 e. The molecule has 1 aromatic rings. The first-order chi connectivity index (χ1) is 9.50. The van der Waals surface area contributed by atoms with Crippen LogP contribution in [0.15, 0.2) is 24.3 Å². The minimum atomic E-state index is -0.753. The van der Waals surface area contributed by atoms with Gasteiger partial charge < -0.3 is 11.1 Å². The molecule has 4 heteroatoms. The Kier molecular flexibility index (Phi) is 6.14. The second-order valence-corrected chi connectivity index (χ2v) is 5.49. The molecular formula is C16H24N2OS. The summed E-state index contributed by atoms with van der Waals surface area (Å²) in [4.78, 5) is 12.7. The van der Waals surface area contributed by atoms with E-state index in [0.29, 0.717) is 12.8 Å².